The van der Waals surface area contributed by atoms with Gasteiger partial charge in [0.15, 0.2) is 0 Å². The minimum absolute atomic E-state index is 0.0792. The van der Waals surface area contributed by atoms with Crippen LogP contribution in [0.25, 0.3) is 5.69 Å². The van der Waals surface area contributed by atoms with Crippen molar-refractivity contribution >= 4 is 11.8 Å². The SMILES string of the molecule is CC(=O)NCc1cnn(-c2ccccc2C(=O)N(C)C)c1. The molecule has 0 aliphatic carbocycles. The summed E-state index contributed by atoms with van der Waals surface area (Å²) in [6.45, 7) is 1.88. The molecule has 0 bridgehead atoms. The summed E-state index contributed by atoms with van der Waals surface area (Å²) >= 11 is 0. The van der Waals surface area contributed by atoms with E-state index < -0.39 is 0 Å². The third-order valence-electron chi connectivity index (χ3n) is 2.96. The molecule has 110 valence electrons. The van der Waals surface area contributed by atoms with Crippen LogP contribution < -0.4 is 5.32 Å². The average Bonchev–Trinajstić information content (AvgIpc) is 2.93. The van der Waals surface area contributed by atoms with Gasteiger partial charge < -0.3 is 10.2 Å². The number of hydrogen-bond donors (Lipinski definition) is 1. The van der Waals surface area contributed by atoms with Crippen molar-refractivity contribution in [2.75, 3.05) is 14.1 Å². The summed E-state index contributed by atoms with van der Waals surface area (Å²) in [5, 5.41) is 6.98. The number of nitrogens with zero attached hydrogens (tertiary/aromatic N) is 3. The van der Waals surface area contributed by atoms with Gasteiger partial charge in [-0.15, -0.1) is 0 Å². The van der Waals surface area contributed by atoms with Gasteiger partial charge in [-0.2, -0.15) is 5.10 Å². The molecule has 0 aliphatic rings. The molecule has 0 radical (unpaired) electrons. The molecular formula is C15H18N4O2. The normalized spacial score (nSPS) is 10.2. The summed E-state index contributed by atoms with van der Waals surface area (Å²) in [6.07, 6.45) is 3.48. The molecule has 0 fully saturated rings. The number of carbonyl (C=O) groups is 2. The zero-order valence-corrected chi connectivity index (χ0v) is 12.3. The average molecular weight is 286 g/mol. The van der Waals surface area contributed by atoms with Crippen LogP contribution >= 0.6 is 0 Å². The van der Waals surface area contributed by atoms with Crippen LogP contribution in [0.3, 0.4) is 0 Å². The molecule has 0 saturated heterocycles. The quantitative estimate of drug-likeness (QED) is 0.918. The number of nitrogens with one attached hydrogen (secondary N) is 1. The number of para-hydroxylation sites is 1. The molecule has 1 N–H and O–H groups in total. The first kappa shape index (κ1) is 14.8. The monoisotopic (exact) mass is 286 g/mol. The van der Waals surface area contributed by atoms with Crippen molar-refractivity contribution in [1.82, 2.24) is 20.0 Å². The Morgan fingerprint density at radius 1 is 1.29 bits per heavy atom. The summed E-state index contributed by atoms with van der Waals surface area (Å²) < 4.78 is 1.65. The molecule has 6 heteroatoms. The standard InChI is InChI=1S/C15H18N4O2/c1-11(20)16-8-12-9-17-19(10-12)14-7-5-4-6-13(14)15(21)18(2)3/h4-7,9-10H,8H2,1-3H3,(H,16,20). The van der Waals surface area contributed by atoms with E-state index in [9.17, 15) is 9.59 Å². The molecule has 1 aromatic carbocycles. The van der Waals surface area contributed by atoms with Gasteiger partial charge in [-0.3, -0.25) is 9.59 Å². The van der Waals surface area contributed by atoms with Gasteiger partial charge in [0.2, 0.25) is 5.91 Å². The Morgan fingerprint density at radius 3 is 2.67 bits per heavy atom. The fourth-order valence-electron chi connectivity index (χ4n) is 1.90. The molecule has 2 rings (SSSR count). The molecule has 0 spiro atoms. The number of amides is 2. The van der Waals surface area contributed by atoms with E-state index in [-0.39, 0.29) is 11.8 Å². The molecule has 0 aliphatic heterocycles. The van der Waals surface area contributed by atoms with Crippen LogP contribution in [0, 0.1) is 0 Å². The van der Waals surface area contributed by atoms with Crippen LogP contribution in [0.4, 0.5) is 0 Å². The molecule has 1 heterocycles. The first-order valence-electron chi connectivity index (χ1n) is 6.58. The van der Waals surface area contributed by atoms with Crippen molar-refractivity contribution in [3.8, 4) is 5.69 Å². The molecule has 0 saturated carbocycles. The predicted molar refractivity (Wildman–Crippen MR) is 79.1 cm³/mol. The third kappa shape index (κ3) is 3.47. The molecule has 21 heavy (non-hydrogen) atoms. The maximum Gasteiger partial charge on any atom is 0.255 e. The van der Waals surface area contributed by atoms with Crippen LogP contribution in [-0.4, -0.2) is 40.6 Å². The molecule has 2 amide bonds. The van der Waals surface area contributed by atoms with Gasteiger partial charge in [-0.25, -0.2) is 4.68 Å². The first-order valence-corrected chi connectivity index (χ1v) is 6.58. The first-order chi connectivity index (χ1) is 9.99. The lowest BCUT2D eigenvalue weighted by atomic mass is 10.1. The van der Waals surface area contributed by atoms with Gasteiger partial charge >= 0.3 is 0 Å². The zero-order valence-electron chi connectivity index (χ0n) is 12.3. The maximum atomic E-state index is 12.2. The van der Waals surface area contributed by atoms with E-state index in [0.29, 0.717) is 17.8 Å². The van der Waals surface area contributed by atoms with Crippen molar-refractivity contribution < 1.29 is 9.59 Å². The lowest BCUT2D eigenvalue weighted by Gasteiger charge is -2.13. The Morgan fingerprint density at radius 2 is 2.00 bits per heavy atom. The Labute approximate surface area is 123 Å². The molecule has 1 aromatic heterocycles. The fourth-order valence-corrected chi connectivity index (χ4v) is 1.90. The lowest BCUT2D eigenvalue weighted by Crippen LogP contribution is -2.23. The number of rotatable bonds is 4. The highest BCUT2D eigenvalue weighted by atomic mass is 16.2. The van der Waals surface area contributed by atoms with Gasteiger partial charge in [0.05, 0.1) is 17.4 Å². The Hall–Kier alpha value is -2.63. The minimum Gasteiger partial charge on any atom is -0.352 e. The molecule has 0 atom stereocenters. The van der Waals surface area contributed by atoms with Crippen LogP contribution in [0.5, 0.6) is 0 Å². The number of hydrogen-bond acceptors (Lipinski definition) is 3. The van der Waals surface area contributed by atoms with Crippen LogP contribution in [0.15, 0.2) is 36.7 Å². The highest BCUT2D eigenvalue weighted by Crippen LogP contribution is 2.16. The molecule has 0 unspecified atom stereocenters. The Bertz CT molecular complexity index is 661. The third-order valence-corrected chi connectivity index (χ3v) is 2.96. The predicted octanol–water partition coefficient (Wildman–Crippen LogP) is 1.21. The highest BCUT2D eigenvalue weighted by Gasteiger charge is 2.14. The van der Waals surface area contributed by atoms with Gasteiger partial charge in [0.1, 0.15) is 0 Å². The lowest BCUT2D eigenvalue weighted by molar-refractivity contribution is -0.119. The van der Waals surface area contributed by atoms with Gasteiger partial charge in [0.25, 0.3) is 5.91 Å². The van der Waals surface area contributed by atoms with E-state index in [4.69, 9.17) is 0 Å². The summed E-state index contributed by atoms with van der Waals surface area (Å²) in [5.74, 6) is -0.171. The highest BCUT2D eigenvalue weighted by molar-refractivity contribution is 5.97. The van der Waals surface area contributed by atoms with E-state index in [1.165, 1.54) is 11.8 Å². The van der Waals surface area contributed by atoms with Crippen molar-refractivity contribution in [1.29, 1.82) is 0 Å². The maximum absolute atomic E-state index is 12.2. The van der Waals surface area contributed by atoms with Crippen molar-refractivity contribution in [2.45, 2.75) is 13.5 Å². The van der Waals surface area contributed by atoms with Gasteiger partial charge in [0, 0.05) is 39.3 Å². The van der Waals surface area contributed by atoms with Crippen LogP contribution in [0.1, 0.15) is 22.8 Å². The van der Waals surface area contributed by atoms with Crippen molar-refractivity contribution in [3.05, 3.63) is 47.8 Å². The second kappa shape index (κ2) is 6.21. The van der Waals surface area contributed by atoms with E-state index in [2.05, 4.69) is 10.4 Å². The van der Waals surface area contributed by atoms with E-state index >= 15 is 0 Å². The van der Waals surface area contributed by atoms with E-state index in [1.54, 1.807) is 37.2 Å². The van der Waals surface area contributed by atoms with Gasteiger partial charge in [-0.1, -0.05) is 12.1 Å². The van der Waals surface area contributed by atoms with Gasteiger partial charge in [-0.05, 0) is 12.1 Å². The summed E-state index contributed by atoms with van der Waals surface area (Å²) in [7, 11) is 3.43. The van der Waals surface area contributed by atoms with Crippen molar-refractivity contribution in [2.24, 2.45) is 0 Å². The fraction of sp³-hybridized carbons (Fsp3) is 0.267. The van der Waals surface area contributed by atoms with Crippen LogP contribution in [-0.2, 0) is 11.3 Å². The second-order valence-corrected chi connectivity index (χ2v) is 4.92. The number of aromatic nitrogens is 2. The summed E-state index contributed by atoms with van der Waals surface area (Å²) in [4.78, 5) is 24.6. The smallest absolute Gasteiger partial charge is 0.255 e. The molecule has 2 aromatic rings. The minimum atomic E-state index is -0.0917. The zero-order chi connectivity index (χ0) is 15.4. The van der Waals surface area contributed by atoms with E-state index in [0.717, 1.165) is 5.56 Å². The molecular weight excluding hydrogens is 268 g/mol. The van der Waals surface area contributed by atoms with Crippen LogP contribution in [0.2, 0.25) is 0 Å². The number of benzene rings is 1. The topological polar surface area (TPSA) is 67.2 Å². The second-order valence-electron chi connectivity index (χ2n) is 4.92. The largest absolute Gasteiger partial charge is 0.352 e. The summed E-state index contributed by atoms with van der Waals surface area (Å²) in [6, 6.07) is 7.29. The molecule has 6 nitrogen and oxygen atoms in total. The summed E-state index contributed by atoms with van der Waals surface area (Å²) in [5.41, 5.74) is 2.17. The van der Waals surface area contributed by atoms with E-state index in [1.807, 2.05) is 18.2 Å². The van der Waals surface area contributed by atoms with Crippen molar-refractivity contribution in [3.63, 3.8) is 0 Å². The number of carbonyl (C=O) groups excluding carboxylic acids is 2. The Balaban J connectivity index is 2.30. The Kier molecular flexibility index (Phi) is 4.37.